The van der Waals surface area contributed by atoms with Crippen LogP contribution in [0.5, 0.6) is 11.5 Å². The molecule has 0 radical (unpaired) electrons. The Kier molecular flexibility index (Phi) is 5.41. The molecule has 0 N–H and O–H groups in total. The van der Waals surface area contributed by atoms with E-state index in [1.165, 1.54) is 12.8 Å². The van der Waals surface area contributed by atoms with E-state index in [1.807, 2.05) is 30.3 Å². The molecule has 1 fully saturated rings. The van der Waals surface area contributed by atoms with Crippen molar-refractivity contribution in [3.8, 4) is 17.2 Å². The van der Waals surface area contributed by atoms with Crippen LogP contribution in [-0.2, 0) is 6.54 Å². The fourth-order valence-electron chi connectivity index (χ4n) is 3.79. The highest BCUT2D eigenvalue weighted by Gasteiger charge is 2.24. The minimum absolute atomic E-state index is 0.0159. The molecule has 1 aromatic heterocycles. The van der Waals surface area contributed by atoms with Gasteiger partial charge in [0, 0.05) is 11.4 Å². The number of thioether (sulfide) groups is 1. The van der Waals surface area contributed by atoms with Gasteiger partial charge in [-0.1, -0.05) is 42.1 Å². The van der Waals surface area contributed by atoms with Crippen LogP contribution in [0.2, 0.25) is 0 Å². The third-order valence-corrected chi connectivity index (χ3v) is 6.31. The van der Waals surface area contributed by atoms with Crippen molar-refractivity contribution in [1.82, 2.24) is 19.7 Å². The van der Waals surface area contributed by atoms with E-state index in [-0.39, 0.29) is 6.10 Å². The predicted molar refractivity (Wildman–Crippen MR) is 113 cm³/mol. The zero-order chi connectivity index (χ0) is 19.5. The Morgan fingerprint density at radius 1 is 0.931 bits per heavy atom. The maximum absolute atomic E-state index is 6.10. The molecule has 6 nitrogen and oxygen atoms in total. The first kappa shape index (κ1) is 18.5. The van der Waals surface area contributed by atoms with Crippen molar-refractivity contribution < 1.29 is 9.47 Å². The Morgan fingerprint density at radius 3 is 2.52 bits per heavy atom. The number of ether oxygens (including phenoxy) is 2. The first-order valence-electron chi connectivity index (χ1n) is 10.1. The molecule has 0 aliphatic carbocycles. The molecule has 5 rings (SSSR count). The Balaban J connectivity index is 1.34. The average molecular weight is 409 g/mol. The lowest BCUT2D eigenvalue weighted by molar-refractivity contribution is 0.107. The number of benzene rings is 2. The topological polar surface area (TPSA) is 52.4 Å². The molecule has 2 aliphatic heterocycles. The van der Waals surface area contributed by atoms with Gasteiger partial charge in [0.2, 0.25) is 0 Å². The Hall–Kier alpha value is -2.51. The number of para-hydroxylation sites is 3. The summed E-state index contributed by atoms with van der Waals surface area (Å²) in [7, 11) is 0. The van der Waals surface area contributed by atoms with Crippen molar-refractivity contribution in [1.29, 1.82) is 0 Å². The van der Waals surface area contributed by atoms with Gasteiger partial charge in [-0.3, -0.25) is 9.47 Å². The monoisotopic (exact) mass is 408 g/mol. The molecule has 7 heteroatoms. The van der Waals surface area contributed by atoms with E-state index in [1.54, 1.807) is 11.8 Å². The van der Waals surface area contributed by atoms with Gasteiger partial charge in [0.25, 0.3) is 0 Å². The smallest absolute Gasteiger partial charge is 0.196 e. The number of hydrogen-bond acceptors (Lipinski definition) is 6. The highest BCUT2D eigenvalue weighted by Crippen LogP contribution is 2.33. The second-order valence-electron chi connectivity index (χ2n) is 7.36. The van der Waals surface area contributed by atoms with Crippen LogP contribution in [-0.4, -0.2) is 51.2 Å². The third kappa shape index (κ3) is 4.11. The van der Waals surface area contributed by atoms with Crippen LogP contribution in [0.3, 0.4) is 0 Å². The van der Waals surface area contributed by atoms with E-state index in [0.717, 1.165) is 53.6 Å². The molecule has 0 bridgehead atoms. The van der Waals surface area contributed by atoms with Crippen molar-refractivity contribution in [2.45, 2.75) is 30.6 Å². The van der Waals surface area contributed by atoms with E-state index in [0.29, 0.717) is 6.61 Å². The predicted octanol–water partition coefficient (Wildman–Crippen LogP) is 3.80. The van der Waals surface area contributed by atoms with Crippen molar-refractivity contribution >= 4 is 11.8 Å². The summed E-state index contributed by atoms with van der Waals surface area (Å²) < 4.78 is 14.1. The molecule has 0 spiro atoms. The van der Waals surface area contributed by atoms with Gasteiger partial charge in [-0.15, -0.1) is 10.2 Å². The van der Waals surface area contributed by atoms with E-state index in [9.17, 15) is 0 Å². The summed E-state index contributed by atoms with van der Waals surface area (Å²) >= 11 is 1.67. The molecular weight excluding hydrogens is 384 g/mol. The van der Waals surface area contributed by atoms with Gasteiger partial charge < -0.3 is 9.47 Å². The fraction of sp³-hybridized carbons (Fsp3) is 0.364. The summed E-state index contributed by atoms with van der Waals surface area (Å²) in [5, 5.41) is 9.95. The van der Waals surface area contributed by atoms with E-state index < -0.39 is 0 Å². The molecule has 3 heterocycles. The maximum atomic E-state index is 6.10. The van der Waals surface area contributed by atoms with Crippen molar-refractivity contribution in [3.05, 3.63) is 60.4 Å². The molecule has 1 atom stereocenters. The van der Waals surface area contributed by atoms with Gasteiger partial charge in [-0.2, -0.15) is 0 Å². The standard InChI is InChI=1S/C22H24N4O2S/c1-2-8-17(9-3-1)26-21(14-25-12-6-7-13-25)23-24-22(26)29-16-18-15-27-19-10-4-5-11-20(19)28-18/h1-5,8-11,18H,6-7,12-16H2/t18-/m1/s1. The van der Waals surface area contributed by atoms with Crippen LogP contribution in [0.15, 0.2) is 59.8 Å². The normalized spacial score (nSPS) is 18.8. The molecule has 0 unspecified atom stereocenters. The number of fused-ring (bicyclic) bond motifs is 1. The van der Waals surface area contributed by atoms with Crippen molar-refractivity contribution in [3.63, 3.8) is 0 Å². The lowest BCUT2D eigenvalue weighted by Gasteiger charge is -2.26. The second-order valence-corrected chi connectivity index (χ2v) is 8.35. The van der Waals surface area contributed by atoms with Gasteiger partial charge in [0.1, 0.15) is 12.7 Å². The summed E-state index contributed by atoms with van der Waals surface area (Å²) in [5.74, 6) is 3.37. The summed E-state index contributed by atoms with van der Waals surface area (Å²) in [6.45, 7) is 3.65. The first-order valence-corrected chi connectivity index (χ1v) is 11.1. The quantitative estimate of drug-likeness (QED) is 0.579. The fourth-order valence-corrected chi connectivity index (χ4v) is 4.72. The number of aromatic nitrogens is 3. The molecule has 2 aromatic carbocycles. The minimum Gasteiger partial charge on any atom is -0.486 e. The summed E-state index contributed by atoms with van der Waals surface area (Å²) in [4.78, 5) is 2.45. The average Bonchev–Trinajstić information content (AvgIpc) is 3.43. The van der Waals surface area contributed by atoms with E-state index in [2.05, 4.69) is 43.9 Å². The van der Waals surface area contributed by atoms with Crippen molar-refractivity contribution in [2.24, 2.45) is 0 Å². The van der Waals surface area contributed by atoms with Crippen LogP contribution < -0.4 is 9.47 Å². The van der Waals surface area contributed by atoms with Crippen molar-refractivity contribution in [2.75, 3.05) is 25.4 Å². The summed E-state index contributed by atoms with van der Waals surface area (Å²) in [5.41, 5.74) is 1.10. The van der Waals surface area contributed by atoms with Gasteiger partial charge in [-0.05, 0) is 50.2 Å². The minimum atomic E-state index is -0.0159. The maximum Gasteiger partial charge on any atom is 0.196 e. The number of hydrogen-bond donors (Lipinski definition) is 0. The molecule has 2 aliphatic rings. The van der Waals surface area contributed by atoms with Gasteiger partial charge in [0.05, 0.1) is 6.54 Å². The highest BCUT2D eigenvalue weighted by atomic mass is 32.2. The number of rotatable bonds is 6. The number of likely N-dealkylation sites (tertiary alicyclic amines) is 1. The number of nitrogens with zero attached hydrogens (tertiary/aromatic N) is 4. The van der Waals surface area contributed by atoms with E-state index >= 15 is 0 Å². The second kappa shape index (κ2) is 8.47. The van der Waals surface area contributed by atoms with Gasteiger partial charge in [-0.25, -0.2) is 0 Å². The van der Waals surface area contributed by atoms with Crippen LogP contribution >= 0.6 is 11.8 Å². The molecule has 150 valence electrons. The molecule has 0 saturated carbocycles. The largest absolute Gasteiger partial charge is 0.486 e. The molecule has 3 aromatic rings. The lowest BCUT2D eigenvalue weighted by Crippen LogP contribution is -2.31. The Labute approximate surface area is 174 Å². The van der Waals surface area contributed by atoms with Crippen LogP contribution in [0.1, 0.15) is 18.7 Å². The molecule has 29 heavy (non-hydrogen) atoms. The lowest BCUT2D eigenvalue weighted by atomic mass is 10.3. The van der Waals surface area contributed by atoms with Crippen LogP contribution in [0.4, 0.5) is 0 Å². The molecule has 0 amide bonds. The van der Waals surface area contributed by atoms with Gasteiger partial charge in [0.15, 0.2) is 22.5 Å². The zero-order valence-corrected chi connectivity index (χ0v) is 17.1. The van der Waals surface area contributed by atoms with Crippen LogP contribution in [0.25, 0.3) is 5.69 Å². The summed E-state index contributed by atoms with van der Waals surface area (Å²) in [6, 6.07) is 18.2. The third-order valence-electron chi connectivity index (χ3n) is 5.24. The van der Waals surface area contributed by atoms with Crippen LogP contribution in [0, 0.1) is 0 Å². The molecular formula is C22H24N4O2S. The highest BCUT2D eigenvalue weighted by molar-refractivity contribution is 7.99. The zero-order valence-electron chi connectivity index (χ0n) is 16.2. The first-order chi connectivity index (χ1) is 14.4. The SMILES string of the molecule is c1ccc(-n2c(CN3CCCC3)nnc2SC[C@H]2COc3ccccc3O2)cc1. The summed E-state index contributed by atoms with van der Waals surface area (Å²) in [6.07, 6.45) is 2.52. The molecule has 1 saturated heterocycles. The Bertz CT molecular complexity index is 956. The Morgan fingerprint density at radius 2 is 1.69 bits per heavy atom. The van der Waals surface area contributed by atoms with E-state index in [4.69, 9.17) is 9.47 Å². The van der Waals surface area contributed by atoms with Gasteiger partial charge >= 0.3 is 0 Å².